The van der Waals surface area contributed by atoms with Crippen LogP contribution in [-0.2, 0) is 0 Å². The van der Waals surface area contributed by atoms with Crippen molar-refractivity contribution in [2.45, 2.75) is 0 Å². The predicted octanol–water partition coefficient (Wildman–Crippen LogP) is 2.76. The quantitative estimate of drug-likeness (QED) is 0.582. The van der Waals surface area contributed by atoms with Gasteiger partial charge < -0.3 is 0 Å². The lowest BCUT2D eigenvalue weighted by Gasteiger charge is -2.00. The summed E-state index contributed by atoms with van der Waals surface area (Å²) < 4.78 is 0. The number of nitrogens with zero attached hydrogens (tertiary/aromatic N) is 4. The molecule has 1 N–H and O–H groups in total. The van der Waals surface area contributed by atoms with Crippen LogP contribution in [0.25, 0.3) is 10.6 Å². The summed E-state index contributed by atoms with van der Waals surface area (Å²) in [5.74, 6) is -0.484. The van der Waals surface area contributed by atoms with E-state index in [4.69, 9.17) is 0 Å². The summed E-state index contributed by atoms with van der Waals surface area (Å²) in [5, 5.41) is 22.1. The summed E-state index contributed by atoms with van der Waals surface area (Å²) in [6.07, 6.45) is 3.29. The van der Waals surface area contributed by atoms with Gasteiger partial charge in [-0.1, -0.05) is 17.4 Å². The molecule has 0 fully saturated rings. The molecule has 0 saturated heterocycles. The normalized spacial score (nSPS) is 10.3. The molecule has 0 aliphatic rings. The average molecular weight is 327 g/mol. The monoisotopic (exact) mass is 327 g/mol. The highest BCUT2D eigenvalue weighted by molar-refractivity contribution is 7.18. The van der Waals surface area contributed by atoms with Gasteiger partial charge in [-0.2, -0.15) is 0 Å². The molecule has 3 aromatic rings. The summed E-state index contributed by atoms with van der Waals surface area (Å²) in [4.78, 5) is 26.3. The highest BCUT2D eigenvalue weighted by atomic mass is 32.1. The second-order valence-corrected chi connectivity index (χ2v) is 5.39. The standard InChI is InChI=1S/C14H9N5O3S/c20-12(9-3-1-5-11(7-9)19(21)22)16-14-18-17-13(23-14)10-4-2-6-15-8-10/h1-8H,(H,16,18,20). The number of hydrogen-bond acceptors (Lipinski definition) is 7. The second kappa shape index (κ2) is 6.28. The Kier molecular flexibility index (Phi) is 4.02. The van der Waals surface area contributed by atoms with E-state index in [1.165, 1.54) is 35.6 Å². The Hall–Kier alpha value is -3.20. The van der Waals surface area contributed by atoms with E-state index in [2.05, 4.69) is 20.5 Å². The molecule has 23 heavy (non-hydrogen) atoms. The molecule has 0 unspecified atom stereocenters. The molecule has 2 aromatic heterocycles. The fourth-order valence-electron chi connectivity index (χ4n) is 1.81. The molecule has 1 aromatic carbocycles. The highest BCUT2D eigenvalue weighted by Gasteiger charge is 2.14. The summed E-state index contributed by atoms with van der Waals surface area (Å²) in [6, 6.07) is 9.08. The largest absolute Gasteiger partial charge is 0.296 e. The summed E-state index contributed by atoms with van der Waals surface area (Å²) in [5.41, 5.74) is 0.823. The summed E-state index contributed by atoms with van der Waals surface area (Å²) in [6.45, 7) is 0. The number of carbonyl (C=O) groups excluding carboxylic acids is 1. The SMILES string of the molecule is O=C(Nc1nnc(-c2cccnc2)s1)c1cccc([N+](=O)[O-])c1. The zero-order valence-electron chi connectivity index (χ0n) is 11.5. The van der Waals surface area contributed by atoms with Gasteiger partial charge in [0, 0.05) is 35.7 Å². The Balaban J connectivity index is 1.77. The van der Waals surface area contributed by atoms with Gasteiger partial charge in [0.25, 0.3) is 11.6 Å². The van der Waals surface area contributed by atoms with Crippen molar-refractivity contribution in [1.29, 1.82) is 0 Å². The van der Waals surface area contributed by atoms with E-state index in [0.717, 1.165) is 5.56 Å². The minimum absolute atomic E-state index is 0.147. The van der Waals surface area contributed by atoms with Crippen LogP contribution >= 0.6 is 11.3 Å². The van der Waals surface area contributed by atoms with Gasteiger partial charge in [-0.05, 0) is 18.2 Å². The molecule has 0 aliphatic heterocycles. The van der Waals surface area contributed by atoms with Gasteiger partial charge in [-0.25, -0.2) is 0 Å². The van der Waals surface area contributed by atoms with Crippen LogP contribution in [0.5, 0.6) is 0 Å². The lowest BCUT2D eigenvalue weighted by atomic mass is 10.2. The van der Waals surface area contributed by atoms with E-state index in [0.29, 0.717) is 10.1 Å². The third-order valence-electron chi connectivity index (χ3n) is 2.87. The molecule has 114 valence electrons. The fourth-order valence-corrected chi connectivity index (χ4v) is 2.54. The first-order valence-corrected chi connectivity index (χ1v) is 7.25. The molecule has 0 saturated carbocycles. The molecule has 2 heterocycles. The van der Waals surface area contributed by atoms with Crippen molar-refractivity contribution >= 4 is 28.1 Å². The zero-order valence-corrected chi connectivity index (χ0v) is 12.4. The van der Waals surface area contributed by atoms with E-state index >= 15 is 0 Å². The first-order valence-electron chi connectivity index (χ1n) is 6.43. The predicted molar refractivity (Wildman–Crippen MR) is 84.2 cm³/mol. The van der Waals surface area contributed by atoms with Crippen molar-refractivity contribution in [2.75, 3.05) is 5.32 Å². The van der Waals surface area contributed by atoms with Crippen LogP contribution in [0, 0.1) is 10.1 Å². The molecule has 0 bridgehead atoms. The number of hydrogen-bond donors (Lipinski definition) is 1. The molecule has 8 nitrogen and oxygen atoms in total. The van der Waals surface area contributed by atoms with Crippen LogP contribution < -0.4 is 5.32 Å². The van der Waals surface area contributed by atoms with E-state index < -0.39 is 10.8 Å². The smallest absolute Gasteiger partial charge is 0.270 e. The van der Waals surface area contributed by atoms with E-state index in [-0.39, 0.29) is 11.3 Å². The maximum atomic E-state index is 12.1. The van der Waals surface area contributed by atoms with Gasteiger partial charge in [0.15, 0.2) is 5.01 Å². The minimum atomic E-state index is -0.553. The van der Waals surface area contributed by atoms with E-state index in [9.17, 15) is 14.9 Å². The molecule has 1 amide bonds. The van der Waals surface area contributed by atoms with Crippen LogP contribution in [-0.4, -0.2) is 26.0 Å². The summed E-state index contributed by atoms with van der Waals surface area (Å²) in [7, 11) is 0. The van der Waals surface area contributed by atoms with Gasteiger partial charge in [0.2, 0.25) is 5.13 Å². The lowest BCUT2D eigenvalue weighted by molar-refractivity contribution is -0.384. The van der Waals surface area contributed by atoms with Gasteiger partial charge in [-0.3, -0.25) is 25.2 Å². The minimum Gasteiger partial charge on any atom is -0.296 e. The molecule has 0 radical (unpaired) electrons. The Labute approximate surface area is 134 Å². The molecule has 0 aliphatic carbocycles. The number of carbonyl (C=O) groups is 1. The first kappa shape index (κ1) is 14.7. The number of benzene rings is 1. The molecular formula is C14H9N5O3S. The Bertz CT molecular complexity index is 866. The van der Waals surface area contributed by atoms with Crippen molar-refractivity contribution in [3.63, 3.8) is 0 Å². The highest BCUT2D eigenvalue weighted by Crippen LogP contribution is 2.25. The van der Waals surface area contributed by atoms with Crippen molar-refractivity contribution in [1.82, 2.24) is 15.2 Å². The number of pyridine rings is 1. The van der Waals surface area contributed by atoms with Crippen molar-refractivity contribution < 1.29 is 9.72 Å². The van der Waals surface area contributed by atoms with Crippen molar-refractivity contribution in [3.05, 3.63) is 64.5 Å². The molecule has 3 rings (SSSR count). The molecule has 9 heteroatoms. The van der Waals surface area contributed by atoms with Crippen molar-refractivity contribution in [3.8, 4) is 10.6 Å². The number of non-ortho nitro benzene ring substituents is 1. The molecule has 0 spiro atoms. The second-order valence-electron chi connectivity index (χ2n) is 4.42. The molecular weight excluding hydrogens is 318 g/mol. The third-order valence-corrected chi connectivity index (χ3v) is 3.76. The number of aromatic nitrogens is 3. The number of rotatable bonds is 4. The fraction of sp³-hybridized carbons (Fsp3) is 0. The van der Waals surface area contributed by atoms with Gasteiger partial charge in [-0.15, -0.1) is 10.2 Å². The van der Waals surface area contributed by atoms with Crippen LogP contribution in [0.15, 0.2) is 48.8 Å². The number of anilines is 1. The zero-order chi connectivity index (χ0) is 16.2. The van der Waals surface area contributed by atoms with Gasteiger partial charge in [0.1, 0.15) is 0 Å². The van der Waals surface area contributed by atoms with Crippen molar-refractivity contribution in [2.24, 2.45) is 0 Å². The number of nitrogens with one attached hydrogen (secondary N) is 1. The maximum Gasteiger partial charge on any atom is 0.270 e. The number of nitro groups is 1. The topological polar surface area (TPSA) is 111 Å². The Morgan fingerprint density at radius 3 is 2.83 bits per heavy atom. The lowest BCUT2D eigenvalue weighted by Crippen LogP contribution is -2.11. The van der Waals surface area contributed by atoms with Gasteiger partial charge in [0.05, 0.1) is 4.92 Å². The Morgan fingerprint density at radius 2 is 2.09 bits per heavy atom. The Morgan fingerprint density at radius 1 is 1.22 bits per heavy atom. The van der Waals surface area contributed by atoms with Crippen LogP contribution in [0.3, 0.4) is 0 Å². The number of amides is 1. The van der Waals surface area contributed by atoms with Crippen LogP contribution in [0.2, 0.25) is 0 Å². The number of nitro benzene ring substituents is 1. The van der Waals surface area contributed by atoms with Crippen LogP contribution in [0.4, 0.5) is 10.8 Å². The van der Waals surface area contributed by atoms with E-state index in [1.807, 2.05) is 6.07 Å². The molecule has 0 atom stereocenters. The van der Waals surface area contributed by atoms with Crippen LogP contribution in [0.1, 0.15) is 10.4 Å². The van der Waals surface area contributed by atoms with E-state index in [1.54, 1.807) is 18.5 Å². The average Bonchev–Trinajstić information content (AvgIpc) is 3.04. The van der Waals surface area contributed by atoms with Gasteiger partial charge >= 0.3 is 0 Å². The maximum absolute atomic E-state index is 12.1. The first-order chi connectivity index (χ1) is 11.1. The third kappa shape index (κ3) is 3.35. The summed E-state index contributed by atoms with van der Waals surface area (Å²) >= 11 is 1.19.